The number of ketones is 1. The quantitative estimate of drug-likeness (QED) is 0.183. The molecule has 0 amide bonds. The van der Waals surface area contributed by atoms with Crippen LogP contribution in [0.3, 0.4) is 0 Å². The zero-order valence-electron chi connectivity index (χ0n) is 22.0. The molecule has 6 nitrogen and oxygen atoms in total. The van der Waals surface area contributed by atoms with Crippen LogP contribution in [0.5, 0.6) is 17.2 Å². The number of carbonyl (C=O) groups excluding carboxylic acids is 1. The molecule has 3 aromatic rings. The predicted octanol–water partition coefficient (Wildman–Crippen LogP) is 6.08. The summed E-state index contributed by atoms with van der Waals surface area (Å²) in [5.74, 6) is 0.754. The van der Waals surface area contributed by atoms with Crippen LogP contribution in [0.25, 0.3) is 16.3 Å². The number of fused-ring (bicyclic) bond motifs is 1. The summed E-state index contributed by atoms with van der Waals surface area (Å²) in [7, 11) is 1.51. The van der Waals surface area contributed by atoms with Crippen molar-refractivity contribution in [1.29, 1.82) is 0 Å². The molecule has 0 fully saturated rings. The van der Waals surface area contributed by atoms with Gasteiger partial charge in [0.25, 0.3) is 0 Å². The van der Waals surface area contributed by atoms with Crippen LogP contribution in [0.15, 0.2) is 78.7 Å². The summed E-state index contributed by atoms with van der Waals surface area (Å²) in [6.45, 7) is 2.72. The van der Waals surface area contributed by atoms with E-state index in [2.05, 4.69) is 18.3 Å². The van der Waals surface area contributed by atoms with Gasteiger partial charge < -0.3 is 26.0 Å². The van der Waals surface area contributed by atoms with Crippen molar-refractivity contribution < 1.29 is 19.7 Å². The smallest absolute Gasteiger partial charge is 0.163 e. The minimum absolute atomic E-state index is 0.0129. The van der Waals surface area contributed by atoms with Gasteiger partial charge in [0, 0.05) is 6.54 Å². The molecule has 1 unspecified atom stereocenters. The first-order valence-corrected chi connectivity index (χ1v) is 13.1. The van der Waals surface area contributed by atoms with E-state index in [4.69, 9.17) is 10.5 Å². The SMILES string of the molecule is CCCCCC=CC(=O)C(Cc1ccc(O)c(OC)c1)c1cc(C2=CC=C(N)NC2)c2ccc(O)cc2c1. The Morgan fingerprint density at radius 2 is 1.95 bits per heavy atom. The topological polar surface area (TPSA) is 105 Å². The average molecular weight is 513 g/mol. The third-order valence-electron chi connectivity index (χ3n) is 6.94. The van der Waals surface area contributed by atoms with E-state index in [0.717, 1.165) is 58.7 Å². The summed E-state index contributed by atoms with van der Waals surface area (Å²) < 4.78 is 5.31. The Morgan fingerprint density at radius 3 is 2.68 bits per heavy atom. The Morgan fingerprint density at radius 1 is 1.11 bits per heavy atom. The van der Waals surface area contributed by atoms with Gasteiger partial charge in [-0.1, -0.05) is 56.2 Å². The zero-order chi connectivity index (χ0) is 27.1. The van der Waals surface area contributed by atoms with Crippen molar-refractivity contribution in [3.05, 3.63) is 95.3 Å². The predicted molar refractivity (Wildman–Crippen MR) is 153 cm³/mol. The number of dihydropyridines is 1. The van der Waals surface area contributed by atoms with Crippen molar-refractivity contribution in [3.63, 3.8) is 0 Å². The maximum atomic E-state index is 13.7. The largest absolute Gasteiger partial charge is 0.508 e. The van der Waals surface area contributed by atoms with Gasteiger partial charge in [0.15, 0.2) is 17.3 Å². The van der Waals surface area contributed by atoms with Crippen molar-refractivity contribution in [1.82, 2.24) is 5.32 Å². The zero-order valence-corrected chi connectivity index (χ0v) is 22.0. The van der Waals surface area contributed by atoms with E-state index in [1.165, 1.54) is 7.11 Å². The van der Waals surface area contributed by atoms with Gasteiger partial charge in [-0.2, -0.15) is 0 Å². The third kappa shape index (κ3) is 6.38. The van der Waals surface area contributed by atoms with E-state index >= 15 is 0 Å². The first kappa shape index (κ1) is 26.9. The molecular formula is C32H36N2O4. The standard InChI is InChI=1S/C32H36N2O4/c1-3-4-5-6-7-8-29(36)28(15-21-9-13-30(37)31(16-21)38-2)24-17-23-18-25(35)11-12-26(23)27(19-24)22-10-14-32(33)34-20-22/h7-14,16-19,28,34-35,37H,3-6,15,20,33H2,1-2H3. The van der Waals surface area contributed by atoms with Gasteiger partial charge in [0.1, 0.15) is 5.75 Å². The highest BCUT2D eigenvalue weighted by molar-refractivity contribution is 6.00. The fourth-order valence-corrected chi connectivity index (χ4v) is 4.83. The van der Waals surface area contributed by atoms with Gasteiger partial charge in [-0.25, -0.2) is 0 Å². The van der Waals surface area contributed by atoms with Gasteiger partial charge >= 0.3 is 0 Å². The number of aromatic hydroxyl groups is 2. The molecule has 0 radical (unpaired) electrons. The van der Waals surface area contributed by atoms with Crippen LogP contribution in [-0.2, 0) is 11.2 Å². The number of ether oxygens (including phenoxy) is 1. The van der Waals surface area contributed by atoms with Crippen LogP contribution < -0.4 is 15.8 Å². The van der Waals surface area contributed by atoms with Crippen molar-refractivity contribution in [3.8, 4) is 17.2 Å². The van der Waals surface area contributed by atoms with Gasteiger partial charge in [-0.3, -0.25) is 4.79 Å². The molecule has 1 aliphatic rings. The minimum atomic E-state index is -0.463. The van der Waals surface area contributed by atoms with Crippen molar-refractivity contribution in [2.75, 3.05) is 13.7 Å². The number of rotatable bonds is 11. The number of carbonyl (C=O) groups is 1. The molecule has 0 saturated heterocycles. The molecule has 0 bridgehead atoms. The Bertz CT molecular complexity index is 1400. The van der Waals surface area contributed by atoms with Crippen LogP contribution in [0, 0.1) is 0 Å². The van der Waals surface area contributed by atoms with Crippen molar-refractivity contribution >= 4 is 22.1 Å². The highest BCUT2D eigenvalue weighted by Gasteiger charge is 2.23. The second-order valence-corrected chi connectivity index (χ2v) is 9.70. The highest BCUT2D eigenvalue weighted by Crippen LogP contribution is 2.35. The van der Waals surface area contributed by atoms with Crippen LogP contribution >= 0.6 is 0 Å². The fraction of sp³-hybridized carbons (Fsp3) is 0.281. The molecule has 38 heavy (non-hydrogen) atoms. The van der Waals surface area contributed by atoms with E-state index < -0.39 is 5.92 Å². The summed E-state index contributed by atoms with van der Waals surface area (Å²) in [4.78, 5) is 13.7. The van der Waals surface area contributed by atoms with Gasteiger partial charge in [0.05, 0.1) is 18.8 Å². The number of nitrogens with two attached hydrogens (primary N) is 1. The lowest BCUT2D eigenvalue weighted by Gasteiger charge is -2.21. The Kier molecular flexibility index (Phi) is 8.74. The maximum absolute atomic E-state index is 13.7. The second-order valence-electron chi connectivity index (χ2n) is 9.70. The summed E-state index contributed by atoms with van der Waals surface area (Å²) in [6.07, 6.45) is 12.1. The third-order valence-corrected chi connectivity index (χ3v) is 6.94. The number of methoxy groups -OCH3 is 1. The highest BCUT2D eigenvalue weighted by atomic mass is 16.5. The normalized spacial score (nSPS) is 14.2. The number of nitrogens with one attached hydrogen (secondary N) is 1. The number of hydrogen-bond donors (Lipinski definition) is 4. The first-order valence-electron chi connectivity index (χ1n) is 13.1. The number of allylic oxidation sites excluding steroid dienone is 4. The molecule has 1 atom stereocenters. The van der Waals surface area contributed by atoms with Gasteiger partial charge in [0.2, 0.25) is 0 Å². The van der Waals surface area contributed by atoms with Crippen molar-refractivity contribution in [2.45, 2.75) is 44.9 Å². The van der Waals surface area contributed by atoms with E-state index in [1.54, 1.807) is 30.3 Å². The molecule has 3 aromatic carbocycles. The lowest BCUT2D eigenvalue weighted by atomic mass is 9.84. The van der Waals surface area contributed by atoms with E-state index in [1.807, 2.05) is 36.4 Å². The summed E-state index contributed by atoms with van der Waals surface area (Å²) in [6, 6.07) is 14.6. The van der Waals surface area contributed by atoms with E-state index in [9.17, 15) is 15.0 Å². The molecule has 4 rings (SSSR count). The number of unbranched alkanes of at least 4 members (excludes halogenated alkanes) is 3. The summed E-state index contributed by atoms with van der Waals surface area (Å²) in [5.41, 5.74) is 9.68. The number of benzene rings is 3. The molecule has 5 N–H and O–H groups in total. The summed E-state index contributed by atoms with van der Waals surface area (Å²) >= 11 is 0. The van der Waals surface area contributed by atoms with E-state index in [-0.39, 0.29) is 17.3 Å². The van der Waals surface area contributed by atoms with Crippen LogP contribution in [0.1, 0.15) is 55.2 Å². The van der Waals surface area contributed by atoms with Crippen LogP contribution in [0.2, 0.25) is 0 Å². The minimum Gasteiger partial charge on any atom is -0.508 e. The second kappa shape index (κ2) is 12.4. The Balaban J connectivity index is 1.80. The molecule has 1 heterocycles. The molecule has 198 valence electrons. The molecule has 0 saturated carbocycles. The number of phenols is 2. The Labute approximate surface area is 224 Å². The number of phenolic OH excluding ortho intramolecular Hbond substituents is 2. The fourth-order valence-electron chi connectivity index (χ4n) is 4.83. The van der Waals surface area contributed by atoms with Crippen LogP contribution in [-0.4, -0.2) is 29.7 Å². The Hall–Kier alpha value is -4.19. The number of hydrogen-bond acceptors (Lipinski definition) is 6. The van der Waals surface area contributed by atoms with Crippen LogP contribution in [0.4, 0.5) is 0 Å². The lowest BCUT2D eigenvalue weighted by molar-refractivity contribution is -0.116. The summed E-state index contributed by atoms with van der Waals surface area (Å²) in [5, 5.41) is 25.3. The lowest BCUT2D eigenvalue weighted by Crippen LogP contribution is -2.24. The van der Waals surface area contributed by atoms with Crippen molar-refractivity contribution in [2.24, 2.45) is 5.73 Å². The maximum Gasteiger partial charge on any atom is 0.163 e. The molecule has 0 spiro atoms. The van der Waals surface area contributed by atoms with Gasteiger partial charge in [-0.05, 0) is 88.7 Å². The molecule has 0 aromatic heterocycles. The molecule has 1 aliphatic heterocycles. The first-order chi connectivity index (χ1) is 18.4. The van der Waals surface area contributed by atoms with Gasteiger partial charge in [-0.15, -0.1) is 0 Å². The average Bonchev–Trinajstić information content (AvgIpc) is 2.92. The molecule has 6 heteroatoms. The van der Waals surface area contributed by atoms with E-state index in [0.29, 0.717) is 24.5 Å². The molecule has 0 aliphatic carbocycles. The monoisotopic (exact) mass is 512 g/mol. The molecular weight excluding hydrogens is 476 g/mol.